The average Bonchev–Trinajstić information content (AvgIpc) is 3.25. The van der Waals surface area contributed by atoms with Crippen LogP contribution in [0, 0.1) is 0 Å². The number of hydrogen-bond donors (Lipinski definition) is 0. The predicted octanol–water partition coefficient (Wildman–Crippen LogP) is 4.12. The van der Waals surface area contributed by atoms with Gasteiger partial charge in [0.05, 0.1) is 23.6 Å². The molecule has 2 aromatic carbocycles. The fourth-order valence-corrected chi connectivity index (χ4v) is 4.94. The molecule has 3 aromatic rings. The zero-order valence-electron chi connectivity index (χ0n) is 17.6. The quantitative estimate of drug-likeness (QED) is 0.656. The lowest BCUT2D eigenvalue weighted by atomic mass is 9.98. The Morgan fingerprint density at radius 1 is 1.03 bits per heavy atom. The first kappa shape index (κ1) is 19.1. The van der Waals surface area contributed by atoms with Crippen molar-refractivity contribution < 1.29 is 9.53 Å². The number of amides is 1. The van der Waals surface area contributed by atoms with Crippen molar-refractivity contribution in [3.05, 3.63) is 66.0 Å². The van der Waals surface area contributed by atoms with E-state index in [9.17, 15) is 4.79 Å². The minimum Gasteiger partial charge on any atom is -0.439 e. The summed E-state index contributed by atoms with van der Waals surface area (Å²) in [6, 6.07) is 18.6. The molecule has 0 aliphatic carbocycles. The van der Waals surface area contributed by atoms with Gasteiger partial charge in [-0.1, -0.05) is 42.5 Å². The van der Waals surface area contributed by atoms with Crippen LogP contribution < -0.4 is 0 Å². The Morgan fingerprint density at radius 2 is 1.73 bits per heavy atom. The van der Waals surface area contributed by atoms with Crippen LogP contribution in [0.5, 0.6) is 0 Å². The van der Waals surface area contributed by atoms with Crippen LogP contribution in [-0.4, -0.2) is 50.6 Å². The van der Waals surface area contributed by atoms with Crippen molar-refractivity contribution in [1.29, 1.82) is 0 Å². The minimum absolute atomic E-state index is 0.0521. The number of cyclic esters (lactones) is 1. The van der Waals surface area contributed by atoms with Crippen LogP contribution in [0.3, 0.4) is 0 Å². The molecule has 0 bridgehead atoms. The maximum absolute atomic E-state index is 12.7. The summed E-state index contributed by atoms with van der Waals surface area (Å²) in [5.74, 6) is 1.09. The number of imidazole rings is 1. The van der Waals surface area contributed by atoms with Crippen molar-refractivity contribution >= 4 is 17.1 Å². The van der Waals surface area contributed by atoms with Crippen molar-refractivity contribution in [2.75, 3.05) is 13.1 Å². The number of ether oxygens (including phenoxy) is 1. The topological polar surface area (TPSA) is 50.6 Å². The Balaban J connectivity index is 1.23. The molecule has 156 valence electrons. The van der Waals surface area contributed by atoms with Gasteiger partial charge >= 0.3 is 6.09 Å². The molecule has 2 atom stereocenters. The summed E-state index contributed by atoms with van der Waals surface area (Å²) >= 11 is 0. The number of carbonyl (C=O) groups is 1. The fraction of sp³-hybridized carbons (Fsp3) is 0.417. The van der Waals surface area contributed by atoms with E-state index in [1.165, 1.54) is 5.52 Å². The summed E-state index contributed by atoms with van der Waals surface area (Å²) in [6.07, 6.45) is 1.57. The molecule has 0 radical (unpaired) electrons. The predicted molar refractivity (Wildman–Crippen MR) is 116 cm³/mol. The van der Waals surface area contributed by atoms with Gasteiger partial charge < -0.3 is 9.30 Å². The number of likely N-dealkylation sites (tertiary alicyclic amines) is 1. The fourth-order valence-electron chi connectivity index (χ4n) is 4.94. The van der Waals surface area contributed by atoms with Gasteiger partial charge in [-0.15, -0.1) is 0 Å². The lowest BCUT2D eigenvalue weighted by Crippen LogP contribution is -2.47. The molecule has 6 nitrogen and oxygen atoms in total. The standard InChI is InChI=1S/C24H28N4O2/c1-17-23(18-8-4-3-5-9-18)30-24(29)28(17)19-12-14-27(15-13-19)16-22-25-20-10-6-7-11-21(20)26(22)2/h3-11,17,19,23H,12-16H2,1-2H3/t17-,23-/m0/s1. The van der Waals surface area contributed by atoms with Crippen LogP contribution >= 0.6 is 0 Å². The molecule has 2 fully saturated rings. The second kappa shape index (κ2) is 7.76. The number of piperidine rings is 1. The molecule has 30 heavy (non-hydrogen) atoms. The summed E-state index contributed by atoms with van der Waals surface area (Å²) < 4.78 is 7.94. The van der Waals surface area contributed by atoms with Gasteiger partial charge in [0.1, 0.15) is 11.9 Å². The molecule has 2 saturated heterocycles. The third kappa shape index (κ3) is 3.35. The summed E-state index contributed by atoms with van der Waals surface area (Å²) in [6.45, 7) is 4.86. The number of carbonyl (C=O) groups excluding carboxylic acids is 1. The van der Waals surface area contributed by atoms with Gasteiger partial charge in [-0.05, 0) is 37.5 Å². The first-order chi connectivity index (χ1) is 14.6. The number of hydrogen-bond acceptors (Lipinski definition) is 4. The highest BCUT2D eigenvalue weighted by Crippen LogP contribution is 2.35. The Kier molecular flexibility index (Phi) is 4.95. The minimum atomic E-state index is -0.184. The Hall–Kier alpha value is -2.86. The van der Waals surface area contributed by atoms with E-state index in [1.807, 2.05) is 41.3 Å². The molecular weight excluding hydrogens is 376 g/mol. The van der Waals surface area contributed by atoms with Crippen LogP contribution in [0.4, 0.5) is 4.79 Å². The number of nitrogens with zero attached hydrogens (tertiary/aromatic N) is 4. The van der Waals surface area contributed by atoms with Crippen LogP contribution in [0.15, 0.2) is 54.6 Å². The highest BCUT2D eigenvalue weighted by atomic mass is 16.6. The maximum Gasteiger partial charge on any atom is 0.411 e. The number of fused-ring (bicyclic) bond motifs is 1. The lowest BCUT2D eigenvalue weighted by Gasteiger charge is -2.37. The summed E-state index contributed by atoms with van der Waals surface area (Å²) in [7, 11) is 2.09. The second-order valence-corrected chi connectivity index (χ2v) is 8.45. The highest BCUT2D eigenvalue weighted by molar-refractivity contribution is 5.75. The van der Waals surface area contributed by atoms with Gasteiger partial charge in [-0.3, -0.25) is 9.80 Å². The first-order valence-electron chi connectivity index (χ1n) is 10.8. The number of para-hydroxylation sites is 2. The van der Waals surface area contributed by atoms with Gasteiger partial charge in [0.15, 0.2) is 0 Å². The highest BCUT2D eigenvalue weighted by Gasteiger charge is 2.43. The Labute approximate surface area is 177 Å². The van der Waals surface area contributed by atoms with E-state index in [0.717, 1.165) is 49.4 Å². The van der Waals surface area contributed by atoms with Crippen molar-refractivity contribution in [2.45, 2.75) is 44.5 Å². The van der Waals surface area contributed by atoms with Crippen LogP contribution in [0.1, 0.15) is 37.3 Å². The van der Waals surface area contributed by atoms with Gasteiger partial charge in [0, 0.05) is 26.2 Å². The normalized spacial score (nSPS) is 23.3. The lowest BCUT2D eigenvalue weighted by molar-refractivity contribution is 0.104. The van der Waals surface area contributed by atoms with Gasteiger partial charge in [0.25, 0.3) is 0 Å². The van der Waals surface area contributed by atoms with Gasteiger partial charge in [0.2, 0.25) is 0 Å². The van der Waals surface area contributed by atoms with E-state index in [0.29, 0.717) is 0 Å². The first-order valence-corrected chi connectivity index (χ1v) is 10.8. The third-order valence-electron chi connectivity index (χ3n) is 6.64. The van der Waals surface area contributed by atoms with E-state index < -0.39 is 0 Å². The largest absolute Gasteiger partial charge is 0.439 e. The molecule has 1 aromatic heterocycles. The van der Waals surface area contributed by atoms with Crippen LogP contribution in [-0.2, 0) is 18.3 Å². The third-order valence-corrected chi connectivity index (χ3v) is 6.64. The average molecular weight is 405 g/mol. The van der Waals surface area contributed by atoms with E-state index in [-0.39, 0.29) is 24.3 Å². The van der Waals surface area contributed by atoms with Crippen molar-refractivity contribution in [2.24, 2.45) is 7.05 Å². The van der Waals surface area contributed by atoms with Crippen LogP contribution in [0.25, 0.3) is 11.0 Å². The smallest absolute Gasteiger partial charge is 0.411 e. The van der Waals surface area contributed by atoms with E-state index >= 15 is 0 Å². The molecule has 3 heterocycles. The van der Waals surface area contributed by atoms with Gasteiger partial charge in [-0.2, -0.15) is 0 Å². The molecule has 0 N–H and O–H groups in total. The summed E-state index contributed by atoms with van der Waals surface area (Å²) in [4.78, 5) is 21.9. The second-order valence-electron chi connectivity index (χ2n) is 8.45. The zero-order chi connectivity index (χ0) is 20.7. The van der Waals surface area contributed by atoms with Crippen molar-refractivity contribution in [3.8, 4) is 0 Å². The maximum atomic E-state index is 12.7. The molecule has 0 saturated carbocycles. The molecule has 2 aliphatic heterocycles. The molecule has 5 rings (SSSR count). The monoisotopic (exact) mass is 404 g/mol. The Bertz CT molecular complexity index is 1040. The number of aryl methyl sites for hydroxylation is 1. The van der Waals surface area contributed by atoms with Gasteiger partial charge in [-0.25, -0.2) is 9.78 Å². The van der Waals surface area contributed by atoms with E-state index in [2.05, 4.69) is 41.6 Å². The van der Waals surface area contributed by atoms with Crippen molar-refractivity contribution in [3.63, 3.8) is 0 Å². The molecular formula is C24H28N4O2. The van der Waals surface area contributed by atoms with E-state index in [1.54, 1.807) is 0 Å². The molecule has 0 spiro atoms. The Morgan fingerprint density at radius 3 is 2.47 bits per heavy atom. The zero-order valence-corrected chi connectivity index (χ0v) is 17.6. The summed E-state index contributed by atoms with van der Waals surface area (Å²) in [5.41, 5.74) is 3.29. The molecule has 2 aliphatic rings. The molecule has 1 amide bonds. The van der Waals surface area contributed by atoms with E-state index in [4.69, 9.17) is 9.72 Å². The summed E-state index contributed by atoms with van der Waals surface area (Å²) in [5, 5.41) is 0. The van der Waals surface area contributed by atoms with Crippen molar-refractivity contribution in [1.82, 2.24) is 19.4 Å². The number of benzene rings is 2. The number of rotatable bonds is 4. The number of aromatic nitrogens is 2. The molecule has 6 heteroatoms. The molecule has 0 unspecified atom stereocenters. The SMILES string of the molecule is C[C@H]1[C@@H](c2ccccc2)OC(=O)N1C1CCN(Cc2nc3ccccc3n2C)CC1. The van der Waals surface area contributed by atoms with Crippen LogP contribution in [0.2, 0.25) is 0 Å².